The van der Waals surface area contributed by atoms with Crippen molar-refractivity contribution in [2.75, 3.05) is 18.2 Å². The molecule has 2 aromatic heterocycles. The number of rotatable bonds is 8. The molecule has 0 radical (unpaired) electrons. The van der Waals surface area contributed by atoms with E-state index < -0.39 is 5.97 Å². The number of methoxy groups -OCH3 is 1. The SMILES string of the molecule is COC(=O)c1cccc(NC(=O)CSc2nnc(CNC(=O)c3ccco3)n2C)c1. The van der Waals surface area contributed by atoms with Crippen molar-refractivity contribution in [2.24, 2.45) is 7.05 Å². The quantitative estimate of drug-likeness (QED) is 0.410. The third-order valence-electron chi connectivity index (χ3n) is 3.98. The van der Waals surface area contributed by atoms with Gasteiger partial charge >= 0.3 is 5.97 Å². The summed E-state index contributed by atoms with van der Waals surface area (Å²) in [5.74, 6) is -0.273. The average molecular weight is 429 g/mol. The number of carbonyl (C=O) groups is 3. The maximum atomic E-state index is 12.2. The van der Waals surface area contributed by atoms with Crippen molar-refractivity contribution in [3.63, 3.8) is 0 Å². The molecule has 0 fully saturated rings. The maximum Gasteiger partial charge on any atom is 0.337 e. The Morgan fingerprint density at radius 1 is 1.20 bits per heavy atom. The van der Waals surface area contributed by atoms with Gasteiger partial charge in [0.1, 0.15) is 0 Å². The van der Waals surface area contributed by atoms with E-state index in [0.29, 0.717) is 22.2 Å². The topological polar surface area (TPSA) is 128 Å². The molecule has 156 valence electrons. The summed E-state index contributed by atoms with van der Waals surface area (Å²) in [6, 6.07) is 9.66. The molecule has 11 heteroatoms. The molecule has 0 unspecified atom stereocenters. The molecule has 30 heavy (non-hydrogen) atoms. The molecular weight excluding hydrogens is 410 g/mol. The van der Waals surface area contributed by atoms with Crippen molar-refractivity contribution in [2.45, 2.75) is 11.7 Å². The van der Waals surface area contributed by atoms with E-state index in [-0.39, 0.29) is 29.9 Å². The molecule has 0 aliphatic heterocycles. The number of furan rings is 1. The van der Waals surface area contributed by atoms with Gasteiger partial charge in [0.15, 0.2) is 16.7 Å². The van der Waals surface area contributed by atoms with Gasteiger partial charge in [0.05, 0.1) is 31.2 Å². The third kappa shape index (κ3) is 5.26. The number of nitrogens with one attached hydrogen (secondary N) is 2. The molecule has 10 nitrogen and oxygen atoms in total. The molecule has 0 atom stereocenters. The Hall–Kier alpha value is -3.60. The second-order valence-corrected chi connectivity index (χ2v) is 6.97. The average Bonchev–Trinajstić information content (AvgIpc) is 3.40. The van der Waals surface area contributed by atoms with Crippen molar-refractivity contribution < 1.29 is 23.5 Å². The van der Waals surface area contributed by atoms with Gasteiger partial charge in [-0.3, -0.25) is 9.59 Å². The Labute approximate surface area is 176 Å². The van der Waals surface area contributed by atoms with Crippen LogP contribution in [0.2, 0.25) is 0 Å². The minimum atomic E-state index is -0.480. The van der Waals surface area contributed by atoms with E-state index >= 15 is 0 Å². The lowest BCUT2D eigenvalue weighted by Gasteiger charge is -2.07. The standard InChI is InChI=1S/C19H19N5O5S/c1-24-15(10-20-17(26)14-7-4-8-29-14)22-23-19(24)30-11-16(25)21-13-6-3-5-12(9-13)18(27)28-2/h3-9H,10-11H2,1-2H3,(H,20,26)(H,21,25). The summed E-state index contributed by atoms with van der Waals surface area (Å²) in [5.41, 5.74) is 0.834. The number of thioether (sulfide) groups is 1. The fraction of sp³-hybridized carbons (Fsp3) is 0.211. The fourth-order valence-corrected chi connectivity index (χ4v) is 3.18. The van der Waals surface area contributed by atoms with Crippen molar-refractivity contribution in [3.05, 3.63) is 59.8 Å². The van der Waals surface area contributed by atoms with Gasteiger partial charge in [-0.25, -0.2) is 4.79 Å². The lowest BCUT2D eigenvalue weighted by molar-refractivity contribution is -0.113. The molecule has 3 rings (SSSR count). The van der Waals surface area contributed by atoms with Crippen molar-refractivity contribution in [1.29, 1.82) is 0 Å². The van der Waals surface area contributed by atoms with Gasteiger partial charge in [0.2, 0.25) is 5.91 Å². The van der Waals surface area contributed by atoms with E-state index in [1.807, 2.05) is 0 Å². The Balaban J connectivity index is 1.52. The van der Waals surface area contributed by atoms with Gasteiger partial charge in [0, 0.05) is 12.7 Å². The Kier molecular flexibility index (Phi) is 6.86. The van der Waals surface area contributed by atoms with Crippen LogP contribution in [0.25, 0.3) is 0 Å². The molecule has 2 N–H and O–H groups in total. The van der Waals surface area contributed by atoms with Crippen LogP contribution in [0.4, 0.5) is 5.69 Å². The number of hydrogen-bond acceptors (Lipinski definition) is 8. The monoisotopic (exact) mass is 429 g/mol. The molecule has 0 aliphatic rings. The van der Waals surface area contributed by atoms with Crippen molar-refractivity contribution in [3.8, 4) is 0 Å². The first-order valence-corrected chi connectivity index (χ1v) is 9.77. The highest BCUT2D eigenvalue weighted by Gasteiger charge is 2.14. The summed E-state index contributed by atoms with van der Waals surface area (Å²) in [5, 5.41) is 14.0. The number of esters is 1. The van der Waals surface area contributed by atoms with Crippen LogP contribution in [0.1, 0.15) is 26.7 Å². The largest absolute Gasteiger partial charge is 0.465 e. The van der Waals surface area contributed by atoms with Crippen LogP contribution >= 0.6 is 11.8 Å². The van der Waals surface area contributed by atoms with E-state index in [2.05, 4.69) is 25.6 Å². The predicted molar refractivity (Wildman–Crippen MR) is 108 cm³/mol. The molecule has 0 saturated carbocycles. The van der Waals surface area contributed by atoms with Gasteiger partial charge in [-0.05, 0) is 30.3 Å². The van der Waals surface area contributed by atoms with Crippen LogP contribution in [0.3, 0.4) is 0 Å². The molecule has 0 saturated heterocycles. The predicted octanol–water partition coefficient (Wildman–Crippen LogP) is 1.86. The third-order valence-corrected chi connectivity index (χ3v) is 5.00. The normalized spacial score (nSPS) is 10.5. The second kappa shape index (κ2) is 9.74. The van der Waals surface area contributed by atoms with Crippen LogP contribution < -0.4 is 10.6 Å². The number of aromatic nitrogens is 3. The number of carbonyl (C=O) groups excluding carboxylic acids is 3. The van der Waals surface area contributed by atoms with Crippen LogP contribution in [-0.2, 0) is 23.1 Å². The Morgan fingerprint density at radius 2 is 2.03 bits per heavy atom. The van der Waals surface area contributed by atoms with Gasteiger partial charge in [0.25, 0.3) is 5.91 Å². The number of nitrogens with zero attached hydrogens (tertiary/aromatic N) is 3. The molecule has 2 amide bonds. The van der Waals surface area contributed by atoms with E-state index in [1.54, 1.807) is 41.9 Å². The number of anilines is 1. The molecule has 0 spiro atoms. The number of amides is 2. The molecular formula is C19H19N5O5S. The summed E-state index contributed by atoms with van der Waals surface area (Å²) in [6.07, 6.45) is 1.42. The minimum Gasteiger partial charge on any atom is -0.465 e. The molecule has 1 aromatic carbocycles. The fourth-order valence-electron chi connectivity index (χ4n) is 2.45. The zero-order valence-corrected chi connectivity index (χ0v) is 17.1. The second-order valence-electron chi connectivity index (χ2n) is 6.03. The zero-order chi connectivity index (χ0) is 21.5. The summed E-state index contributed by atoms with van der Waals surface area (Å²) in [6.45, 7) is 0.163. The van der Waals surface area contributed by atoms with Crippen LogP contribution in [-0.4, -0.2) is 45.4 Å². The highest BCUT2D eigenvalue weighted by molar-refractivity contribution is 7.99. The van der Waals surface area contributed by atoms with Crippen LogP contribution in [0.5, 0.6) is 0 Å². The molecule has 0 bridgehead atoms. The summed E-state index contributed by atoms with van der Waals surface area (Å²) in [4.78, 5) is 35.7. The molecule has 0 aliphatic carbocycles. The maximum absolute atomic E-state index is 12.2. The summed E-state index contributed by atoms with van der Waals surface area (Å²) < 4.78 is 11.4. The van der Waals surface area contributed by atoms with Gasteiger partial charge < -0.3 is 24.4 Å². The number of hydrogen-bond donors (Lipinski definition) is 2. The van der Waals surface area contributed by atoms with E-state index in [4.69, 9.17) is 4.42 Å². The van der Waals surface area contributed by atoms with Crippen LogP contribution in [0.15, 0.2) is 52.2 Å². The highest BCUT2D eigenvalue weighted by atomic mass is 32.2. The van der Waals surface area contributed by atoms with Crippen molar-refractivity contribution in [1.82, 2.24) is 20.1 Å². The zero-order valence-electron chi connectivity index (χ0n) is 16.2. The Morgan fingerprint density at radius 3 is 2.77 bits per heavy atom. The van der Waals surface area contributed by atoms with E-state index in [1.165, 1.54) is 31.2 Å². The van der Waals surface area contributed by atoms with Gasteiger partial charge in [-0.1, -0.05) is 17.8 Å². The smallest absolute Gasteiger partial charge is 0.337 e. The van der Waals surface area contributed by atoms with E-state index in [0.717, 1.165) is 0 Å². The summed E-state index contributed by atoms with van der Waals surface area (Å²) >= 11 is 1.20. The first-order valence-electron chi connectivity index (χ1n) is 8.79. The first kappa shape index (κ1) is 21.1. The van der Waals surface area contributed by atoms with Gasteiger partial charge in [-0.2, -0.15) is 0 Å². The number of ether oxygens (including phenoxy) is 1. The minimum absolute atomic E-state index is 0.0905. The highest BCUT2D eigenvalue weighted by Crippen LogP contribution is 2.17. The molecule has 3 aromatic rings. The molecule has 2 heterocycles. The Bertz CT molecular complexity index is 1050. The number of benzene rings is 1. The van der Waals surface area contributed by atoms with Gasteiger partial charge in [-0.15, -0.1) is 10.2 Å². The first-order chi connectivity index (χ1) is 14.5. The van der Waals surface area contributed by atoms with Crippen LogP contribution in [0, 0.1) is 0 Å². The summed E-state index contributed by atoms with van der Waals surface area (Å²) in [7, 11) is 3.04. The lowest BCUT2D eigenvalue weighted by atomic mass is 10.2. The lowest BCUT2D eigenvalue weighted by Crippen LogP contribution is -2.24. The van der Waals surface area contributed by atoms with E-state index in [9.17, 15) is 14.4 Å². The van der Waals surface area contributed by atoms with Crippen molar-refractivity contribution >= 4 is 35.2 Å².